The minimum atomic E-state index is -0.500. The van der Waals surface area contributed by atoms with Gasteiger partial charge in [-0.25, -0.2) is 0 Å². The van der Waals surface area contributed by atoms with E-state index in [4.69, 9.17) is 9.47 Å². The van der Waals surface area contributed by atoms with Crippen LogP contribution >= 0.6 is 0 Å². The second-order valence-corrected chi connectivity index (χ2v) is 12.2. The van der Waals surface area contributed by atoms with Gasteiger partial charge in [0.25, 0.3) is 0 Å². The van der Waals surface area contributed by atoms with Gasteiger partial charge in [-0.15, -0.1) is 0 Å². The van der Waals surface area contributed by atoms with Gasteiger partial charge in [0.1, 0.15) is 0 Å². The highest BCUT2D eigenvalue weighted by atomic mass is 16.7. The highest BCUT2D eigenvalue weighted by Gasteiger charge is 2.69. The molecule has 0 radical (unpaired) electrons. The number of hydrogen-bond acceptors (Lipinski definition) is 4. The van der Waals surface area contributed by atoms with E-state index in [1.54, 1.807) is 0 Å². The van der Waals surface area contributed by atoms with E-state index < -0.39 is 5.79 Å². The maximum Gasteiger partial charge on any atom is 0.173 e. The maximum absolute atomic E-state index is 11.5. The molecule has 4 aliphatic carbocycles. The number of rotatable bonds is 0. The lowest BCUT2D eigenvalue weighted by Gasteiger charge is -2.63. The molecule has 1 aliphatic heterocycles. The lowest BCUT2D eigenvalue weighted by molar-refractivity contribution is -0.353. The van der Waals surface area contributed by atoms with Crippen molar-refractivity contribution in [1.29, 1.82) is 0 Å². The summed E-state index contributed by atoms with van der Waals surface area (Å²) >= 11 is 0. The molecule has 8 atom stereocenters. The van der Waals surface area contributed by atoms with Crippen LogP contribution in [0.3, 0.4) is 0 Å². The summed E-state index contributed by atoms with van der Waals surface area (Å²) in [4.78, 5) is 0. The molecule has 4 saturated carbocycles. The van der Waals surface area contributed by atoms with Crippen LogP contribution < -0.4 is 0 Å². The minimum absolute atomic E-state index is 0.0734. The SMILES string of the molecule is CC1(C)COC2(CC[C@H]3[C@@H]4CC[C@H]5C[C@H](O)CC[C@]5(C)C4[C@H](O)C[C@@]32C)OC1. The van der Waals surface area contributed by atoms with Crippen molar-refractivity contribution in [2.75, 3.05) is 13.2 Å². The third-order valence-corrected chi connectivity index (χ3v) is 10.0. The van der Waals surface area contributed by atoms with Crippen LogP contribution in [0.2, 0.25) is 0 Å². The van der Waals surface area contributed by atoms with Gasteiger partial charge < -0.3 is 19.7 Å². The summed E-state index contributed by atoms with van der Waals surface area (Å²) in [6.45, 7) is 10.7. The molecular weight excluding hydrogens is 352 g/mol. The molecule has 0 bridgehead atoms. The molecule has 0 aromatic carbocycles. The lowest BCUT2D eigenvalue weighted by atomic mass is 9.44. The Balaban J connectivity index is 1.45. The number of aliphatic hydroxyl groups is 2. The number of fused-ring (bicyclic) bond motifs is 6. The first-order valence-electron chi connectivity index (χ1n) is 11.7. The molecule has 28 heavy (non-hydrogen) atoms. The first-order valence-corrected chi connectivity index (χ1v) is 11.7. The zero-order chi connectivity index (χ0) is 19.9. The number of aliphatic hydroxyl groups excluding tert-OH is 2. The summed E-state index contributed by atoms with van der Waals surface area (Å²) in [6, 6.07) is 0. The van der Waals surface area contributed by atoms with E-state index >= 15 is 0 Å². The highest BCUT2D eigenvalue weighted by Crippen LogP contribution is 2.69. The van der Waals surface area contributed by atoms with Gasteiger partial charge in [-0.2, -0.15) is 0 Å². The van der Waals surface area contributed by atoms with Gasteiger partial charge >= 0.3 is 0 Å². The Morgan fingerprint density at radius 1 is 0.857 bits per heavy atom. The summed E-state index contributed by atoms with van der Waals surface area (Å²) in [7, 11) is 0. The Hall–Kier alpha value is -0.160. The average Bonchev–Trinajstić information content (AvgIpc) is 2.90. The van der Waals surface area contributed by atoms with Crippen LogP contribution in [0.5, 0.6) is 0 Å². The van der Waals surface area contributed by atoms with Crippen LogP contribution in [0.4, 0.5) is 0 Å². The second kappa shape index (κ2) is 6.18. The molecule has 1 unspecified atom stereocenters. The Bertz CT molecular complexity index is 622. The topological polar surface area (TPSA) is 58.9 Å². The maximum atomic E-state index is 11.5. The molecule has 4 heteroatoms. The van der Waals surface area contributed by atoms with Gasteiger partial charge in [0.05, 0.1) is 25.4 Å². The predicted octanol–water partition coefficient (Wildman–Crippen LogP) is 4.13. The summed E-state index contributed by atoms with van der Waals surface area (Å²) in [5.74, 6) is 1.57. The first-order chi connectivity index (χ1) is 13.1. The quantitative estimate of drug-likeness (QED) is 0.651. The van der Waals surface area contributed by atoms with Crippen LogP contribution in [0.15, 0.2) is 0 Å². The first kappa shape index (κ1) is 19.8. The number of hydrogen-bond donors (Lipinski definition) is 2. The van der Waals surface area contributed by atoms with Gasteiger partial charge in [0.15, 0.2) is 5.79 Å². The molecule has 0 aromatic rings. The molecule has 1 heterocycles. The molecular formula is C24H40O4. The van der Waals surface area contributed by atoms with Crippen LogP contribution in [0, 0.1) is 39.9 Å². The fourth-order valence-corrected chi connectivity index (χ4v) is 8.49. The smallest absolute Gasteiger partial charge is 0.173 e. The van der Waals surface area contributed by atoms with Gasteiger partial charge in [-0.05, 0) is 74.0 Å². The fourth-order valence-electron chi connectivity index (χ4n) is 8.49. The van der Waals surface area contributed by atoms with E-state index in [0.717, 1.165) is 51.7 Å². The van der Waals surface area contributed by atoms with E-state index in [1.165, 1.54) is 12.8 Å². The van der Waals surface area contributed by atoms with Crippen LogP contribution in [-0.4, -0.2) is 41.4 Å². The molecule has 0 amide bonds. The molecule has 4 nitrogen and oxygen atoms in total. The molecule has 1 saturated heterocycles. The third kappa shape index (κ3) is 2.57. The Kier molecular flexibility index (Phi) is 4.37. The van der Waals surface area contributed by atoms with Crippen molar-refractivity contribution >= 4 is 0 Å². The summed E-state index contributed by atoms with van der Waals surface area (Å²) < 4.78 is 13.0. The molecule has 160 valence electrons. The second-order valence-electron chi connectivity index (χ2n) is 12.2. The van der Waals surface area contributed by atoms with Crippen molar-refractivity contribution in [1.82, 2.24) is 0 Å². The van der Waals surface area contributed by atoms with Crippen LogP contribution in [0.1, 0.15) is 79.1 Å². The zero-order valence-corrected chi connectivity index (χ0v) is 18.2. The highest BCUT2D eigenvalue weighted by molar-refractivity contribution is 5.15. The molecule has 2 N–H and O–H groups in total. The third-order valence-electron chi connectivity index (χ3n) is 10.0. The van der Waals surface area contributed by atoms with Crippen molar-refractivity contribution in [2.24, 2.45) is 39.9 Å². The number of ether oxygens (including phenoxy) is 2. The Morgan fingerprint density at radius 2 is 1.57 bits per heavy atom. The van der Waals surface area contributed by atoms with Gasteiger partial charge in [0.2, 0.25) is 0 Å². The van der Waals surface area contributed by atoms with E-state index in [-0.39, 0.29) is 28.5 Å². The molecule has 1 spiro atoms. The lowest BCUT2D eigenvalue weighted by Crippen LogP contribution is -2.64. The van der Waals surface area contributed by atoms with Gasteiger partial charge in [-0.1, -0.05) is 27.7 Å². The molecule has 5 rings (SSSR count). The van der Waals surface area contributed by atoms with Crippen molar-refractivity contribution in [3.05, 3.63) is 0 Å². The zero-order valence-electron chi connectivity index (χ0n) is 18.2. The van der Waals surface area contributed by atoms with E-state index in [9.17, 15) is 10.2 Å². The van der Waals surface area contributed by atoms with E-state index in [2.05, 4.69) is 27.7 Å². The van der Waals surface area contributed by atoms with E-state index in [1.807, 2.05) is 0 Å². The monoisotopic (exact) mass is 392 g/mol. The molecule has 5 aliphatic rings. The van der Waals surface area contributed by atoms with Crippen molar-refractivity contribution in [3.8, 4) is 0 Å². The largest absolute Gasteiger partial charge is 0.393 e. The Morgan fingerprint density at radius 3 is 2.29 bits per heavy atom. The average molecular weight is 393 g/mol. The summed E-state index contributed by atoms with van der Waals surface area (Å²) in [5.41, 5.74) is 0.153. The minimum Gasteiger partial charge on any atom is -0.393 e. The molecule has 0 aromatic heterocycles. The predicted molar refractivity (Wildman–Crippen MR) is 108 cm³/mol. The fraction of sp³-hybridized carbons (Fsp3) is 1.00. The van der Waals surface area contributed by atoms with Crippen molar-refractivity contribution in [2.45, 2.75) is 97.1 Å². The normalized spacial score (nSPS) is 54.6. The summed E-state index contributed by atoms with van der Waals surface area (Å²) in [5, 5.41) is 21.8. The standard InChI is InChI=1S/C24H40O4/c1-21(2)13-27-24(28-14-21)10-8-18-17-6-5-15-11-16(25)7-9-22(15,3)20(17)19(26)12-23(18,24)4/h15-20,25-26H,5-14H2,1-4H3/t15-,16+,17-,18-,19+,20?,22-,23-/m0/s1. The van der Waals surface area contributed by atoms with Gasteiger partial charge in [-0.3, -0.25) is 0 Å². The molecule has 5 fully saturated rings. The summed E-state index contributed by atoms with van der Waals surface area (Å²) in [6.07, 6.45) is 7.79. The van der Waals surface area contributed by atoms with Gasteiger partial charge in [0, 0.05) is 17.3 Å². The van der Waals surface area contributed by atoms with Crippen LogP contribution in [-0.2, 0) is 9.47 Å². The van der Waals surface area contributed by atoms with Crippen molar-refractivity contribution < 1.29 is 19.7 Å². The van der Waals surface area contributed by atoms with Crippen molar-refractivity contribution in [3.63, 3.8) is 0 Å². The Labute approximate surface area is 170 Å². The van der Waals surface area contributed by atoms with E-state index in [0.29, 0.717) is 23.7 Å². The van der Waals surface area contributed by atoms with Crippen LogP contribution in [0.25, 0.3) is 0 Å².